The first-order valence-corrected chi connectivity index (χ1v) is 6.56. The van der Waals surface area contributed by atoms with Crippen LogP contribution in [0.4, 0.5) is 0 Å². The van der Waals surface area contributed by atoms with Crippen molar-refractivity contribution in [3.63, 3.8) is 0 Å². The lowest BCUT2D eigenvalue weighted by Crippen LogP contribution is -2.53. The van der Waals surface area contributed by atoms with Gasteiger partial charge in [0.2, 0.25) is 5.76 Å². The van der Waals surface area contributed by atoms with Crippen LogP contribution in [0.1, 0.15) is 26.7 Å². The number of nitrogens with one attached hydrogen (secondary N) is 2. The molecular formula is C13H22N2O3. The van der Waals surface area contributed by atoms with Crippen LogP contribution in [-0.4, -0.2) is 38.3 Å². The van der Waals surface area contributed by atoms with Gasteiger partial charge in [-0.2, -0.15) is 0 Å². The molecule has 0 aromatic rings. The molecule has 1 saturated heterocycles. The fraction of sp³-hybridized carbons (Fsp3) is 0.769. The van der Waals surface area contributed by atoms with Crippen LogP contribution in [0.2, 0.25) is 0 Å². The maximum absolute atomic E-state index is 11.8. The smallest absolute Gasteiger partial charge is 0.289 e. The van der Waals surface area contributed by atoms with E-state index in [1.807, 2.05) is 0 Å². The number of rotatable bonds is 3. The number of ether oxygens (including phenoxy) is 2. The quantitative estimate of drug-likeness (QED) is 0.781. The molecule has 0 aromatic heterocycles. The molecule has 5 heteroatoms. The fourth-order valence-corrected chi connectivity index (χ4v) is 2.39. The highest BCUT2D eigenvalue weighted by atomic mass is 16.6. The van der Waals surface area contributed by atoms with Crippen molar-refractivity contribution < 1.29 is 14.3 Å². The van der Waals surface area contributed by atoms with E-state index in [2.05, 4.69) is 24.5 Å². The normalized spacial score (nSPS) is 26.6. The number of hydrogen-bond donors (Lipinski definition) is 2. The van der Waals surface area contributed by atoms with Crippen molar-refractivity contribution in [3.05, 3.63) is 12.0 Å². The van der Waals surface area contributed by atoms with E-state index in [0.717, 1.165) is 6.54 Å². The minimum absolute atomic E-state index is 0.196. The molecule has 0 bridgehead atoms. The molecule has 0 spiro atoms. The van der Waals surface area contributed by atoms with Crippen LogP contribution in [0.3, 0.4) is 0 Å². The fourth-order valence-electron chi connectivity index (χ4n) is 2.39. The summed E-state index contributed by atoms with van der Waals surface area (Å²) in [6, 6.07) is 0.306. The van der Waals surface area contributed by atoms with E-state index in [1.165, 1.54) is 19.1 Å². The van der Waals surface area contributed by atoms with Gasteiger partial charge in [0.05, 0.1) is 0 Å². The summed E-state index contributed by atoms with van der Waals surface area (Å²) >= 11 is 0. The Bertz CT molecular complexity index is 339. The number of piperidine rings is 1. The van der Waals surface area contributed by atoms with Crippen molar-refractivity contribution in [2.24, 2.45) is 5.41 Å². The summed E-state index contributed by atoms with van der Waals surface area (Å²) < 4.78 is 10.3. The van der Waals surface area contributed by atoms with E-state index in [0.29, 0.717) is 25.8 Å². The first-order chi connectivity index (χ1) is 8.59. The van der Waals surface area contributed by atoms with Gasteiger partial charge in [-0.1, -0.05) is 13.8 Å². The summed E-state index contributed by atoms with van der Waals surface area (Å²) in [5, 5.41) is 6.36. The zero-order valence-electron chi connectivity index (χ0n) is 11.1. The van der Waals surface area contributed by atoms with E-state index in [1.54, 1.807) is 0 Å². The van der Waals surface area contributed by atoms with E-state index < -0.39 is 0 Å². The van der Waals surface area contributed by atoms with E-state index in [4.69, 9.17) is 9.47 Å². The Hall–Kier alpha value is -1.23. The predicted octanol–water partition coefficient (Wildman–Crippen LogP) is 0.769. The lowest BCUT2D eigenvalue weighted by atomic mass is 9.77. The maximum Gasteiger partial charge on any atom is 0.289 e. The third-order valence-corrected chi connectivity index (χ3v) is 3.67. The highest BCUT2D eigenvalue weighted by Crippen LogP contribution is 2.29. The lowest BCUT2D eigenvalue weighted by Gasteiger charge is -2.39. The molecular weight excluding hydrogens is 232 g/mol. The Balaban J connectivity index is 1.83. The monoisotopic (exact) mass is 254 g/mol. The molecule has 2 aliphatic rings. The Kier molecular flexibility index (Phi) is 4.11. The van der Waals surface area contributed by atoms with Crippen molar-refractivity contribution in [2.75, 3.05) is 26.3 Å². The third kappa shape index (κ3) is 3.16. The SMILES string of the molecule is CC1(C)CCCNC1CNC(=O)C1=COCCO1. The van der Waals surface area contributed by atoms with E-state index in [9.17, 15) is 4.79 Å². The highest BCUT2D eigenvalue weighted by molar-refractivity contribution is 5.91. The highest BCUT2D eigenvalue weighted by Gasteiger charge is 2.32. The molecule has 1 amide bonds. The summed E-state index contributed by atoms with van der Waals surface area (Å²) in [6.45, 7) is 7.05. The average molecular weight is 254 g/mol. The molecule has 0 saturated carbocycles. The van der Waals surface area contributed by atoms with Crippen LogP contribution < -0.4 is 10.6 Å². The molecule has 1 fully saturated rings. The van der Waals surface area contributed by atoms with Gasteiger partial charge in [0.1, 0.15) is 19.5 Å². The standard InChI is InChI=1S/C13H22N2O3/c1-13(2)4-3-5-14-11(13)8-15-12(16)10-9-17-6-7-18-10/h9,11,14H,3-8H2,1-2H3,(H,15,16). The van der Waals surface area contributed by atoms with Gasteiger partial charge >= 0.3 is 0 Å². The van der Waals surface area contributed by atoms with Crippen LogP contribution in [-0.2, 0) is 14.3 Å². The Labute approximate surface area is 108 Å². The second-order valence-electron chi connectivity index (χ2n) is 5.51. The van der Waals surface area contributed by atoms with Gasteiger partial charge < -0.3 is 20.1 Å². The summed E-state index contributed by atoms with van der Waals surface area (Å²) in [6.07, 6.45) is 3.76. The zero-order chi connectivity index (χ0) is 13.0. The summed E-state index contributed by atoms with van der Waals surface area (Å²) in [5.74, 6) is 0.0766. The molecule has 18 heavy (non-hydrogen) atoms. The molecule has 2 rings (SSSR count). The van der Waals surface area contributed by atoms with Gasteiger partial charge in [0.25, 0.3) is 5.91 Å². The van der Waals surface area contributed by atoms with Crippen LogP contribution in [0.5, 0.6) is 0 Å². The Morgan fingerprint density at radius 2 is 2.39 bits per heavy atom. The lowest BCUT2D eigenvalue weighted by molar-refractivity contribution is -0.122. The number of carbonyl (C=O) groups excluding carboxylic acids is 1. The number of amides is 1. The van der Waals surface area contributed by atoms with Crippen LogP contribution in [0, 0.1) is 5.41 Å². The first kappa shape index (κ1) is 13.2. The molecule has 2 N–H and O–H groups in total. The molecule has 102 valence electrons. The second-order valence-corrected chi connectivity index (χ2v) is 5.51. The number of carbonyl (C=O) groups is 1. The molecule has 2 heterocycles. The van der Waals surface area contributed by atoms with Gasteiger partial charge in [0.15, 0.2) is 0 Å². The van der Waals surface area contributed by atoms with Crippen LogP contribution in [0.25, 0.3) is 0 Å². The molecule has 5 nitrogen and oxygen atoms in total. The van der Waals surface area contributed by atoms with Crippen molar-refractivity contribution >= 4 is 5.91 Å². The van der Waals surface area contributed by atoms with Crippen LogP contribution >= 0.6 is 0 Å². The van der Waals surface area contributed by atoms with Gasteiger partial charge in [0, 0.05) is 12.6 Å². The first-order valence-electron chi connectivity index (χ1n) is 6.56. The average Bonchev–Trinajstić information content (AvgIpc) is 2.38. The maximum atomic E-state index is 11.8. The summed E-state index contributed by atoms with van der Waals surface area (Å²) in [5.41, 5.74) is 0.212. The minimum Gasteiger partial charge on any atom is -0.494 e. The minimum atomic E-state index is -0.196. The van der Waals surface area contributed by atoms with Gasteiger partial charge in [-0.15, -0.1) is 0 Å². The third-order valence-electron chi connectivity index (χ3n) is 3.67. The molecule has 0 radical (unpaired) electrons. The summed E-state index contributed by atoms with van der Waals surface area (Å²) in [4.78, 5) is 11.8. The summed E-state index contributed by atoms with van der Waals surface area (Å²) in [7, 11) is 0. The van der Waals surface area contributed by atoms with Crippen molar-refractivity contribution in [1.29, 1.82) is 0 Å². The Morgan fingerprint density at radius 3 is 3.06 bits per heavy atom. The van der Waals surface area contributed by atoms with Crippen molar-refractivity contribution in [3.8, 4) is 0 Å². The molecule has 1 unspecified atom stereocenters. The van der Waals surface area contributed by atoms with Crippen molar-refractivity contribution in [1.82, 2.24) is 10.6 Å². The molecule has 2 aliphatic heterocycles. The van der Waals surface area contributed by atoms with Gasteiger partial charge in [-0.05, 0) is 24.8 Å². The molecule has 0 aromatic carbocycles. The van der Waals surface area contributed by atoms with E-state index in [-0.39, 0.29) is 17.1 Å². The molecule has 1 atom stereocenters. The predicted molar refractivity (Wildman–Crippen MR) is 67.8 cm³/mol. The molecule has 0 aliphatic carbocycles. The van der Waals surface area contributed by atoms with E-state index >= 15 is 0 Å². The number of hydrogen-bond acceptors (Lipinski definition) is 4. The topological polar surface area (TPSA) is 59.6 Å². The van der Waals surface area contributed by atoms with Crippen molar-refractivity contribution in [2.45, 2.75) is 32.7 Å². The largest absolute Gasteiger partial charge is 0.494 e. The zero-order valence-corrected chi connectivity index (χ0v) is 11.1. The van der Waals surface area contributed by atoms with Gasteiger partial charge in [-0.3, -0.25) is 4.79 Å². The second kappa shape index (κ2) is 5.61. The van der Waals surface area contributed by atoms with Gasteiger partial charge in [-0.25, -0.2) is 0 Å². The van der Waals surface area contributed by atoms with Crippen LogP contribution in [0.15, 0.2) is 12.0 Å². The Morgan fingerprint density at radius 1 is 1.56 bits per heavy atom.